The molecule has 4 rings (SSSR count). The molecule has 0 bridgehead atoms. The van der Waals surface area contributed by atoms with Crippen LogP contribution in [0.4, 0.5) is 0 Å². The van der Waals surface area contributed by atoms with Gasteiger partial charge in [0.2, 0.25) is 0 Å². The lowest BCUT2D eigenvalue weighted by molar-refractivity contribution is 0.303. The van der Waals surface area contributed by atoms with Crippen LogP contribution in [0.3, 0.4) is 0 Å². The zero-order valence-electron chi connectivity index (χ0n) is 17.4. The van der Waals surface area contributed by atoms with Crippen molar-refractivity contribution in [2.75, 3.05) is 0 Å². The quantitative estimate of drug-likeness (QED) is 0.392. The van der Waals surface area contributed by atoms with Gasteiger partial charge in [-0.3, -0.25) is 4.79 Å². The van der Waals surface area contributed by atoms with E-state index in [2.05, 4.69) is 0 Å². The molecule has 0 N–H and O–H groups in total. The smallest absolute Gasteiger partial charge is 0.193 e. The third-order valence-electron chi connectivity index (χ3n) is 4.61. The van der Waals surface area contributed by atoms with Crippen LogP contribution < -0.4 is 10.2 Å². The Morgan fingerprint density at radius 1 is 0.862 bits per heavy atom. The first kappa shape index (κ1) is 20.4. The minimum absolute atomic E-state index is 0.0728. The first-order valence-corrected chi connectivity index (χ1v) is 9.93. The zero-order chi connectivity index (χ0) is 20.8. The van der Waals surface area contributed by atoms with E-state index in [-0.39, 0.29) is 5.43 Å². The lowest BCUT2D eigenvalue weighted by Crippen LogP contribution is -2.04. The minimum Gasteiger partial charge on any atom is -0.485 e. The van der Waals surface area contributed by atoms with Crippen molar-refractivity contribution in [1.29, 1.82) is 0 Å². The van der Waals surface area contributed by atoms with Crippen molar-refractivity contribution >= 4 is 11.0 Å². The molecule has 0 aliphatic rings. The Kier molecular flexibility index (Phi) is 6.50. The fourth-order valence-electron chi connectivity index (χ4n) is 3.06. The molecular weight excluding hydrogens is 360 g/mol. The third kappa shape index (κ3) is 4.57. The minimum atomic E-state index is -0.0728. The molecule has 148 valence electrons. The summed E-state index contributed by atoms with van der Waals surface area (Å²) in [5.41, 5.74) is 4.44. The number of hydrogen-bond acceptors (Lipinski definition) is 3. The molecule has 29 heavy (non-hydrogen) atoms. The van der Waals surface area contributed by atoms with Crippen LogP contribution in [-0.2, 0) is 6.61 Å². The summed E-state index contributed by atoms with van der Waals surface area (Å²) >= 11 is 0. The van der Waals surface area contributed by atoms with Gasteiger partial charge in [-0.25, -0.2) is 0 Å². The highest BCUT2D eigenvalue weighted by molar-refractivity contribution is 5.85. The third-order valence-corrected chi connectivity index (χ3v) is 4.61. The van der Waals surface area contributed by atoms with Crippen LogP contribution in [0.5, 0.6) is 5.75 Å². The summed E-state index contributed by atoms with van der Waals surface area (Å²) in [5, 5.41) is 0.527. The molecule has 0 unspecified atom stereocenters. The zero-order valence-corrected chi connectivity index (χ0v) is 17.4. The van der Waals surface area contributed by atoms with E-state index in [9.17, 15) is 4.79 Å². The van der Waals surface area contributed by atoms with Crippen molar-refractivity contribution in [2.45, 2.75) is 34.3 Å². The molecular formula is C26H26O3. The second kappa shape index (κ2) is 9.24. The van der Waals surface area contributed by atoms with Crippen molar-refractivity contribution in [3.63, 3.8) is 0 Å². The van der Waals surface area contributed by atoms with Gasteiger partial charge in [0.25, 0.3) is 0 Å². The first-order valence-electron chi connectivity index (χ1n) is 9.93. The molecule has 4 aromatic rings. The molecule has 1 aromatic heterocycles. The molecule has 0 aliphatic heterocycles. The lowest BCUT2D eigenvalue weighted by atomic mass is 10.1. The molecule has 0 saturated carbocycles. The summed E-state index contributed by atoms with van der Waals surface area (Å²) < 4.78 is 12.2. The first-order chi connectivity index (χ1) is 14.1. The molecule has 3 heteroatoms. The average molecular weight is 386 g/mol. The molecule has 0 saturated heterocycles. The van der Waals surface area contributed by atoms with Gasteiger partial charge in [0.15, 0.2) is 16.8 Å². The summed E-state index contributed by atoms with van der Waals surface area (Å²) in [4.78, 5) is 12.7. The largest absolute Gasteiger partial charge is 0.485 e. The molecule has 0 fully saturated rings. The number of fused-ring (bicyclic) bond motifs is 1. The Bertz CT molecular complexity index is 1140. The number of benzene rings is 3. The van der Waals surface area contributed by atoms with Gasteiger partial charge in [0.1, 0.15) is 12.4 Å². The summed E-state index contributed by atoms with van der Waals surface area (Å²) in [6, 6.07) is 23.1. The van der Waals surface area contributed by atoms with E-state index in [1.165, 1.54) is 0 Å². The molecule has 0 atom stereocenters. The van der Waals surface area contributed by atoms with Crippen LogP contribution in [0, 0.1) is 13.8 Å². The van der Waals surface area contributed by atoms with E-state index in [0.717, 1.165) is 22.3 Å². The highest BCUT2D eigenvalue weighted by atomic mass is 16.5. The Morgan fingerprint density at radius 2 is 1.55 bits per heavy atom. The predicted octanol–water partition coefficient (Wildman–Crippen LogP) is 6.68. The van der Waals surface area contributed by atoms with Crippen LogP contribution in [0.2, 0.25) is 0 Å². The molecule has 0 amide bonds. The van der Waals surface area contributed by atoms with E-state index in [1.807, 2.05) is 88.4 Å². The van der Waals surface area contributed by atoms with Crippen LogP contribution in [0.25, 0.3) is 22.3 Å². The molecule has 0 aliphatic carbocycles. The molecule has 1 heterocycles. The van der Waals surface area contributed by atoms with E-state index in [4.69, 9.17) is 9.15 Å². The number of ether oxygens (including phenoxy) is 1. The number of rotatable bonds is 4. The van der Waals surface area contributed by atoms with Gasteiger partial charge in [-0.15, -0.1) is 0 Å². The summed E-state index contributed by atoms with van der Waals surface area (Å²) in [7, 11) is 0. The van der Waals surface area contributed by atoms with Crippen LogP contribution in [0.1, 0.15) is 30.5 Å². The SMILES string of the molecule is CC.Cc1ccc(-c2cc(=O)c3ccc(C)c(OCc4ccccc4)c3o2)cc1. The Labute approximate surface area is 171 Å². The maximum Gasteiger partial charge on any atom is 0.193 e. The maximum absolute atomic E-state index is 12.7. The summed E-state index contributed by atoms with van der Waals surface area (Å²) in [6.45, 7) is 8.40. The van der Waals surface area contributed by atoms with Crippen molar-refractivity contribution in [3.8, 4) is 17.1 Å². The summed E-state index contributed by atoms with van der Waals surface area (Å²) in [6.07, 6.45) is 0. The molecule has 0 spiro atoms. The highest BCUT2D eigenvalue weighted by Gasteiger charge is 2.14. The monoisotopic (exact) mass is 386 g/mol. The number of aryl methyl sites for hydroxylation is 2. The van der Waals surface area contributed by atoms with Crippen molar-refractivity contribution in [3.05, 3.63) is 99.7 Å². The predicted molar refractivity (Wildman–Crippen MR) is 120 cm³/mol. The van der Waals surface area contributed by atoms with Crippen molar-refractivity contribution in [1.82, 2.24) is 0 Å². The van der Waals surface area contributed by atoms with Gasteiger partial charge in [0.05, 0.1) is 5.39 Å². The molecule has 3 aromatic carbocycles. The van der Waals surface area contributed by atoms with Gasteiger partial charge in [-0.1, -0.05) is 80.1 Å². The molecule has 3 nitrogen and oxygen atoms in total. The Hall–Kier alpha value is -3.33. The fourth-order valence-corrected chi connectivity index (χ4v) is 3.06. The Balaban J connectivity index is 0.00000117. The van der Waals surface area contributed by atoms with Crippen LogP contribution in [0.15, 0.2) is 82.0 Å². The lowest BCUT2D eigenvalue weighted by Gasteiger charge is -2.12. The standard InChI is InChI=1S/C24H20O3.C2H6/c1-16-8-11-19(12-9-16)22-14-21(25)20-13-10-17(2)23(24(20)27-22)26-15-18-6-4-3-5-7-18;1-2/h3-14H,15H2,1-2H3;1-2H3. The van der Waals surface area contributed by atoms with Gasteiger partial charge >= 0.3 is 0 Å². The highest BCUT2D eigenvalue weighted by Crippen LogP contribution is 2.32. The van der Waals surface area contributed by atoms with E-state index >= 15 is 0 Å². The topological polar surface area (TPSA) is 39.4 Å². The van der Waals surface area contributed by atoms with Gasteiger partial charge in [0, 0.05) is 11.6 Å². The van der Waals surface area contributed by atoms with Crippen LogP contribution in [-0.4, -0.2) is 0 Å². The van der Waals surface area contributed by atoms with Crippen molar-refractivity contribution < 1.29 is 9.15 Å². The van der Waals surface area contributed by atoms with Gasteiger partial charge < -0.3 is 9.15 Å². The van der Waals surface area contributed by atoms with E-state index in [0.29, 0.717) is 29.1 Å². The molecule has 0 radical (unpaired) electrons. The van der Waals surface area contributed by atoms with E-state index in [1.54, 1.807) is 12.1 Å². The van der Waals surface area contributed by atoms with Crippen molar-refractivity contribution in [2.24, 2.45) is 0 Å². The average Bonchev–Trinajstić information content (AvgIpc) is 2.75. The number of hydrogen-bond donors (Lipinski definition) is 0. The normalized spacial score (nSPS) is 10.3. The van der Waals surface area contributed by atoms with Gasteiger partial charge in [-0.2, -0.15) is 0 Å². The second-order valence-electron chi connectivity index (χ2n) is 6.70. The van der Waals surface area contributed by atoms with E-state index < -0.39 is 0 Å². The summed E-state index contributed by atoms with van der Waals surface area (Å²) in [5.74, 6) is 1.16. The maximum atomic E-state index is 12.7. The van der Waals surface area contributed by atoms with Gasteiger partial charge in [-0.05, 0) is 31.0 Å². The fraction of sp³-hybridized carbons (Fsp3) is 0.192. The van der Waals surface area contributed by atoms with Crippen LogP contribution >= 0.6 is 0 Å². The Morgan fingerprint density at radius 3 is 2.24 bits per heavy atom. The second-order valence-corrected chi connectivity index (χ2v) is 6.70.